The monoisotopic (exact) mass is 348 g/mol. The minimum atomic E-state index is -0.610. The average molecular weight is 348 g/mol. The molecule has 1 atom stereocenters. The summed E-state index contributed by atoms with van der Waals surface area (Å²) in [7, 11) is 0. The van der Waals surface area contributed by atoms with Gasteiger partial charge in [0, 0.05) is 25.9 Å². The van der Waals surface area contributed by atoms with E-state index in [2.05, 4.69) is 10.2 Å². The summed E-state index contributed by atoms with van der Waals surface area (Å²) in [5.74, 6) is 0.768. The van der Waals surface area contributed by atoms with Crippen molar-refractivity contribution in [2.45, 2.75) is 58.0 Å². The normalized spacial score (nSPS) is 20.0. The first kappa shape index (κ1) is 18.1. The van der Waals surface area contributed by atoms with Crippen molar-refractivity contribution >= 4 is 11.7 Å². The third-order valence-corrected chi connectivity index (χ3v) is 5.14. The van der Waals surface area contributed by atoms with Gasteiger partial charge >= 0.3 is 0 Å². The molecule has 1 fully saturated rings. The van der Waals surface area contributed by atoms with Crippen LogP contribution in [0.2, 0.25) is 0 Å². The summed E-state index contributed by atoms with van der Waals surface area (Å²) < 4.78 is 5.62. The van der Waals surface area contributed by atoms with Crippen LogP contribution < -0.4 is 5.32 Å². The Balaban J connectivity index is 1.57. The number of hydrogen-bond acceptors (Lipinski definition) is 5. The van der Waals surface area contributed by atoms with E-state index in [1.807, 2.05) is 0 Å². The first-order valence-electron chi connectivity index (χ1n) is 9.40. The Kier molecular flexibility index (Phi) is 5.91. The molecule has 2 heterocycles. The quantitative estimate of drug-likeness (QED) is 0.851. The van der Waals surface area contributed by atoms with E-state index in [-0.39, 0.29) is 18.2 Å². The van der Waals surface area contributed by atoms with Crippen molar-refractivity contribution in [1.82, 2.24) is 10.2 Å². The minimum absolute atomic E-state index is 0.0200. The molecule has 3 rings (SSSR count). The molecule has 2 aliphatic rings. The molecule has 0 saturated carbocycles. The average Bonchev–Trinajstić information content (AvgIpc) is 2.75. The van der Waals surface area contributed by atoms with Crippen molar-refractivity contribution < 1.29 is 19.1 Å². The Hall–Kier alpha value is -1.66. The molecule has 1 aromatic rings. The van der Waals surface area contributed by atoms with Gasteiger partial charge in [0.25, 0.3) is 5.91 Å². The van der Waals surface area contributed by atoms with Crippen LogP contribution in [-0.4, -0.2) is 54.0 Å². The maximum atomic E-state index is 12.5. The number of fused-ring (bicyclic) bond motifs is 1. The van der Waals surface area contributed by atoms with E-state index in [1.54, 1.807) is 6.92 Å². The molecular formula is C19H28N2O4. The summed E-state index contributed by atoms with van der Waals surface area (Å²) in [6, 6.07) is 0. The molecule has 6 heteroatoms. The number of aliphatic hydroxyl groups is 1. The number of carbonyl (C=O) groups is 2. The van der Waals surface area contributed by atoms with Gasteiger partial charge in [0.15, 0.2) is 5.78 Å². The zero-order chi connectivity index (χ0) is 17.8. The van der Waals surface area contributed by atoms with Gasteiger partial charge in [-0.15, -0.1) is 0 Å². The molecule has 2 N–H and O–H groups in total. The highest BCUT2D eigenvalue weighted by Crippen LogP contribution is 2.29. The number of hydrogen-bond donors (Lipinski definition) is 2. The van der Waals surface area contributed by atoms with Gasteiger partial charge in [-0.25, -0.2) is 0 Å². The maximum absolute atomic E-state index is 12.5. The number of amides is 1. The number of aliphatic hydroxyl groups excluding tert-OH is 1. The molecule has 1 aliphatic carbocycles. The lowest BCUT2D eigenvalue weighted by Gasteiger charge is -2.23. The van der Waals surface area contributed by atoms with E-state index in [9.17, 15) is 14.7 Å². The van der Waals surface area contributed by atoms with E-state index in [0.717, 1.165) is 19.5 Å². The summed E-state index contributed by atoms with van der Waals surface area (Å²) in [4.78, 5) is 27.0. The second-order valence-corrected chi connectivity index (χ2v) is 7.19. The first-order valence-corrected chi connectivity index (χ1v) is 9.40. The fourth-order valence-electron chi connectivity index (χ4n) is 3.86. The zero-order valence-corrected chi connectivity index (χ0v) is 15.0. The van der Waals surface area contributed by atoms with Crippen LogP contribution in [0.15, 0.2) is 4.42 Å². The predicted molar refractivity (Wildman–Crippen MR) is 94.0 cm³/mol. The van der Waals surface area contributed by atoms with E-state index < -0.39 is 6.10 Å². The minimum Gasteiger partial charge on any atom is -0.465 e. The first-order chi connectivity index (χ1) is 12.1. The summed E-state index contributed by atoms with van der Waals surface area (Å²) in [6.45, 7) is 4.49. The van der Waals surface area contributed by atoms with E-state index >= 15 is 0 Å². The number of rotatable bonds is 5. The fourth-order valence-corrected chi connectivity index (χ4v) is 3.86. The summed E-state index contributed by atoms with van der Waals surface area (Å²) in [5.41, 5.74) is 0.796. The van der Waals surface area contributed by atoms with E-state index in [0.29, 0.717) is 42.0 Å². The van der Waals surface area contributed by atoms with Crippen molar-refractivity contribution in [3.8, 4) is 0 Å². The number of β-amino-alcohol motifs (C(OH)–C–C–N with tert-alkyl or cyclic N) is 1. The van der Waals surface area contributed by atoms with Crippen LogP contribution in [0.4, 0.5) is 0 Å². The van der Waals surface area contributed by atoms with Crippen molar-refractivity contribution in [3.05, 3.63) is 22.6 Å². The van der Waals surface area contributed by atoms with Crippen LogP contribution in [0.25, 0.3) is 0 Å². The molecule has 1 aliphatic heterocycles. The highest BCUT2D eigenvalue weighted by molar-refractivity contribution is 6.09. The molecule has 0 spiro atoms. The Morgan fingerprint density at radius 1 is 1.20 bits per heavy atom. The molecule has 6 nitrogen and oxygen atoms in total. The molecule has 0 radical (unpaired) electrons. The number of furan rings is 1. The van der Waals surface area contributed by atoms with Crippen LogP contribution in [0.3, 0.4) is 0 Å². The third-order valence-electron chi connectivity index (χ3n) is 5.14. The van der Waals surface area contributed by atoms with Crippen molar-refractivity contribution in [3.63, 3.8) is 0 Å². The number of nitrogens with one attached hydrogen (secondary N) is 1. The van der Waals surface area contributed by atoms with Gasteiger partial charge in [-0.3, -0.25) is 9.59 Å². The largest absolute Gasteiger partial charge is 0.465 e. The van der Waals surface area contributed by atoms with Crippen molar-refractivity contribution in [1.29, 1.82) is 0 Å². The van der Waals surface area contributed by atoms with Crippen LogP contribution in [0, 0.1) is 6.92 Å². The topological polar surface area (TPSA) is 82.8 Å². The number of nitrogens with zero attached hydrogens (tertiary/aromatic N) is 1. The second-order valence-electron chi connectivity index (χ2n) is 7.19. The number of carbonyl (C=O) groups excluding carboxylic acids is 2. The molecular weight excluding hydrogens is 320 g/mol. The molecule has 1 aromatic heterocycles. The number of Topliss-reactive ketones (excluding diaryl/α,β-unsaturated/α-hetero) is 1. The van der Waals surface area contributed by atoms with Gasteiger partial charge in [0.1, 0.15) is 11.5 Å². The smallest absolute Gasteiger partial charge is 0.255 e. The fraction of sp³-hybridized carbons (Fsp3) is 0.684. The van der Waals surface area contributed by atoms with Crippen LogP contribution in [0.1, 0.15) is 70.8 Å². The summed E-state index contributed by atoms with van der Waals surface area (Å²) in [5, 5.41) is 13.0. The van der Waals surface area contributed by atoms with E-state index in [1.165, 1.54) is 25.7 Å². The summed E-state index contributed by atoms with van der Waals surface area (Å²) >= 11 is 0. The molecule has 138 valence electrons. The highest BCUT2D eigenvalue weighted by Gasteiger charge is 2.30. The Labute approximate surface area is 148 Å². The van der Waals surface area contributed by atoms with Gasteiger partial charge in [-0.05, 0) is 39.3 Å². The number of likely N-dealkylation sites (tertiary alicyclic amines) is 1. The van der Waals surface area contributed by atoms with Crippen LogP contribution in [0.5, 0.6) is 0 Å². The summed E-state index contributed by atoms with van der Waals surface area (Å²) in [6.07, 6.45) is 6.17. The molecule has 25 heavy (non-hydrogen) atoms. The lowest BCUT2D eigenvalue weighted by Crippen LogP contribution is -2.40. The van der Waals surface area contributed by atoms with Gasteiger partial charge in [0.2, 0.25) is 0 Å². The van der Waals surface area contributed by atoms with Gasteiger partial charge in [0.05, 0.1) is 17.2 Å². The zero-order valence-electron chi connectivity index (χ0n) is 15.0. The van der Waals surface area contributed by atoms with Gasteiger partial charge in [-0.2, -0.15) is 0 Å². The second kappa shape index (κ2) is 8.15. The molecule has 0 aromatic carbocycles. The Bertz CT molecular complexity index is 630. The maximum Gasteiger partial charge on any atom is 0.255 e. The molecule has 0 unspecified atom stereocenters. The van der Waals surface area contributed by atoms with Crippen molar-refractivity contribution in [2.24, 2.45) is 0 Å². The van der Waals surface area contributed by atoms with E-state index in [4.69, 9.17) is 4.42 Å². The number of aryl methyl sites for hydroxylation is 2. The SMILES string of the molecule is Cc1oc2c(c1C(=O)NC[C@@H](O)CN1CCCCCC1)C(=O)CCC2. The van der Waals surface area contributed by atoms with Crippen LogP contribution >= 0.6 is 0 Å². The highest BCUT2D eigenvalue weighted by atomic mass is 16.3. The predicted octanol–water partition coefficient (Wildman–Crippen LogP) is 2.07. The van der Waals surface area contributed by atoms with Crippen molar-refractivity contribution in [2.75, 3.05) is 26.2 Å². The molecule has 1 saturated heterocycles. The standard InChI is InChI=1S/C19H28N2O4/c1-13-17(18-15(23)7-6-8-16(18)25-13)19(24)20-11-14(22)12-21-9-4-2-3-5-10-21/h14,22H,2-12H2,1H3,(H,20,24)/t14-/m1/s1. The lowest BCUT2D eigenvalue weighted by atomic mass is 9.93. The number of ketones is 1. The van der Waals surface area contributed by atoms with Crippen LogP contribution in [-0.2, 0) is 6.42 Å². The molecule has 1 amide bonds. The molecule has 0 bridgehead atoms. The Morgan fingerprint density at radius 3 is 2.64 bits per heavy atom. The van der Waals surface area contributed by atoms with Gasteiger partial charge in [-0.1, -0.05) is 12.8 Å². The Morgan fingerprint density at radius 2 is 1.92 bits per heavy atom. The third kappa shape index (κ3) is 4.30. The lowest BCUT2D eigenvalue weighted by molar-refractivity contribution is 0.0855. The van der Waals surface area contributed by atoms with Gasteiger partial charge < -0.3 is 19.7 Å².